The number of amides is 2. The summed E-state index contributed by atoms with van der Waals surface area (Å²) in [5.41, 5.74) is 12.4. The lowest BCUT2D eigenvalue weighted by Gasteiger charge is -2.41. The van der Waals surface area contributed by atoms with Crippen molar-refractivity contribution in [2.24, 2.45) is 5.92 Å². The normalized spacial score (nSPS) is 19.7. The van der Waals surface area contributed by atoms with E-state index in [1.807, 2.05) is 75.8 Å². The Morgan fingerprint density at radius 2 is 0.774 bits per heavy atom. The third-order valence-corrected chi connectivity index (χ3v) is 29.4. The highest BCUT2D eigenvalue weighted by Gasteiger charge is 2.41. The number of esters is 2. The van der Waals surface area contributed by atoms with Crippen LogP contribution in [0.4, 0.5) is 22.2 Å². The number of hydrogen-bond acceptors (Lipinski definition) is 30. The maximum atomic E-state index is 13.2. The molecule has 3 N–H and O–H groups in total. The lowest BCUT2D eigenvalue weighted by atomic mass is 9.94. The van der Waals surface area contributed by atoms with Gasteiger partial charge in [0.05, 0.1) is 112 Å². The molecule has 3 aliphatic carbocycles. The summed E-state index contributed by atoms with van der Waals surface area (Å²) in [6, 6.07) is 25.9. The molecule has 38 heteroatoms. The predicted molar refractivity (Wildman–Crippen MR) is 561 cm³/mol. The fourth-order valence-electron chi connectivity index (χ4n) is 20.3. The van der Waals surface area contributed by atoms with Gasteiger partial charge in [0.25, 0.3) is 0 Å². The van der Waals surface area contributed by atoms with Gasteiger partial charge in [0, 0.05) is 155 Å². The van der Waals surface area contributed by atoms with Crippen molar-refractivity contribution in [1.29, 1.82) is 15.8 Å². The Labute approximate surface area is 862 Å². The molecule has 0 bridgehead atoms. The van der Waals surface area contributed by atoms with Crippen LogP contribution in [0, 0.1) is 60.7 Å². The van der Waals surface area contributed by atoms with E-state index in [4.69, 9.17) is 97.9 Å². The number of H-pyrrole nitrogens is 3. The van der Waals surface area contributed by atoms with Crippen LogP contribution in [0.3, 0.4) is 0 Å². The van der Waals surface area contributed by atoms with E-state index in [-0.39, 0.29) is 67.2 Å². The van der Waals surface area contributed by atoms with E-state index in [9.17, 15) is 35.0 Å². The Hall–Kier alpha value is -13.7. The molecule has 12 aromatic rings. The van der Waals surface area contributed by atoms with Gasteiger partial charge >= 0.3 is 36.1 Å². The number of nitrogens with zero attached hydrogens (tertiary/aromatic N) is 20. The molecule has 0 spiro atoms. The first-order valence-corrected chi connectivity index (χ1v) is 51.4. The summed E-state index contributed by atoms with van der Waals surface area (Å²) >= 11 is 21.7. The van der Waals surface area contributed by atoms with Crippen molar-refractivity contribution in [3.8, 4) is 86.9 Å². The molecule has 0 radical (unpaired) electrons. The monoisotopic (exact) mass is 2040 g/mol. The number of halogens is 3. The second kappa shape index (κ2) is 44.7. The third kappa shape index (κ3) is 22.8. The van der Waals surface area contributed by atoms with Gasteiger partial charge < -0.3 is 77.1 Å². The highest BCUT2D eigenvalue weighted by atomic mass is 35.5. The number of likely N-dealkylation sites (N-methyl/N-ethyl adjacent to an activating group) is 3. The lowest BCUT2D eigenvalue weighted by molar-refractivity contribution is -0.152. The first kappa shape index (κ1) is 102. The van der Waals surface area contributed by atoms with Crippen LogP contribution in [-0.4, -0.2) is 276 Å². The van der Waals surface area contributed by atoms with Gasteiger partial charge in [-0.3, -0.25) is 20.1 Å². The molecular weight excluding hydrogens is 1920 g/mol. The van der Waals surface area contributed by atoms with Gasteiger partial charge in [-0.2, -0.15) is 61.0 Å². The Morgan fingerprint density at radius 1 is 0.425 bits per heavy atom. The largest absolute Gasteiger partial charge is 0.487 e. The second-order valence-electron chi connectivity index (χ2n) is 40.1. The zero-order valence-electron chi connectivity index (χ0n) is 83.9. The van der Waals surface area contributed by atoms with Crippen LogP contribution in [0.15, 0.2) is 111 Å². The number of aromatic nitrogens is 12. The Morgan fingerprint density at radius 3 is 1.10 bits per heavy atom. The van der Waals surface area contributed by atoms with Crippen LogP contribution in [0.1, 0.15) is 147 Å². The quantitative estimate of drug-likeness (QED) is 0.0244. The van der Waals surface area contributed by atoms with Gasteiger partial charge in [-0.05, 0) is 237 Å². The first-order valence-electron chi connectivity index (χ1n) is 50.3. The number of carbonyl (C=O) groups excluding carboxylic acids is 4. The van der Waals surface area contributed by atoms with Gasteiger partial charge in [-0.1, -0.05) is 72.7 Å². The molecule has 762 valence electrons. The van der Waals surface area contributed by atoms with E-state index < -0.39 is 29.7 Å². The number of piperazine rings is 2. The average molecular weight is 2040 g/mol. The molecule has 146 heavy (non-hydrogen) atoms. The Balaban J connectivity index is 0.000000138. The van der Waals surface area contributed by atoms with E-state index in [0.29, 0.717) is 149 Å². The number of aryl methyl sites for hydroxylation is 3. The van der Waals surface area contributed by atoms with Crippen LogP contribution < -0.4 is 43.1 Å². The number of benzene rings is 6. The third-order valence-electron chi connectivity index (χ3n) is 28.5. The molecule has 6 aliphatic heterocycles. The average Bonchev–Trinajstić information content (AvgIpc) is 1.53. The first-order chi connectivity index (χ1) is 70.6. The second-order valence-corrected chi connectivity index (χ2v) is 41.4. The number of piperidine rings is 1. The van der Waals surface area contributed by atoms with Crippen molar-refractivity contribution >= 4 is 142 Å². The molecule has 9 fully saturated rings. The molecule has 3 saturated carbocycles. The van der Waals surface area contributed by atoms with Crippen LogP contribution in [0.5, 0.6) is 35.3 Å². The minimum absolute atomic E-state index is 0.0524. The number of hydrogen-bond donors (Lipinski definition) is 3. The molecule has 6 saturated heterocycles. The lowest BCUT2D eigenvalue weighted by Crippen LogP contribution is -2.56. The van der Waals surface area contributed by atoms with E-state index in [2.05, 4.69) is 163 Å². The highest BCUT2D eigenvalue weighted by Crippen LogP contribution is 2.54. The molecule has 35 nitrogen and oxygen atoms in total. The van der Waals surface area contributed by atoms with Crippen molar-refractivity contribution in [2.45, 2.75) is 205 Å². The number of aromatic amines is 3. The maximum absolute atomic E-state index is 13.2. The SMILES string of the molecule is C=CC(=O)N1CCN(c2nc(OC[C@@H]3CCCN3C)nc3c(OC4CC4)c(-c4c(C)ccc5[nH]ncc45)c(Cl)cc23)CC1CC#N.C=CC(=O)OC(=O)C=C.Cc1ccc2[nH]ncc2c1-c1c(Cl)cc2c(N3CCCC(CC#N)C3)nc(OC[C@@H]3CCCN3C)nc2c1OC1CC1.Cc1ccc2[nH]ncc2c1-c1c(Cl)cc2c(N3CCN(C(=O)OC(C)(C)C)C(CC#N)C3)nc(OC[C@@H]3CCCN3C)nc2c1OC1CC1. The zero-order valence-corrected chi connectivity index (χ0v) is 86.1. The van der Waals surface area contributed by atoms with Gasteiger partial charge in [-0.15, -0.1) is 0 Å². The summed E-state index contributed by atoms with van der Waals surface area (Å²) in [5, 5.41) is 57.8. The Bertz CT molecular complexity index is 7100. The van der Waals surface area contributed by atoms with Gasteiger partial charge in [0.1, 0.15) is 59.4 Å². The number of rotatable bonds is 27. The number of anilines is 3. The summed E-state index contributed by atoms with van der Waals surface area (Å²) in [6.07, 6.45) is 23.7. The number of carbonyl (C=O) groups is 4. The smallest absolute Gasteiger partial charge is 0.410 e. The molecule has 9 aliphatic rings. The fourth-order valence-corrected chi connectivity index (χ4v) is 21.2. The van der Waals surface area contributed by atoms with E-state index in [0.717, 1.165) is 228 Å². The number of likely N-dealkylation sites (tertiary alicyclic amines) is 3. The van der Waals surface area contributed by atoms with E-state index >= 15 is 0 Å². The van der Waals surface area contributed by atoms with Crippen LogP contribution >= 0.6 is 34.8 Å². The number of nitrogens with one attached hydrogen (secondary N) is 3. The molecule has 12 heterocycles. The minimum atomic E-state index is -0.764. The Kier molecular flexibility index (Phi) is 31.3. The molecule has 6 aromatic carbocycles. The maximum Gasteiger partial charge on any atom is 0.410 e. The minimum Gasteiger partial charge on any atom is -0.487 e. The summed E-state index contributed by atoms with van der Waals surface area (Å²) in [4.78, 5) is 93.1. The molecule has 6 aromatic heterocycles. The summed E-state index contributed by atoms with van der Waals surface area (Å²) < 4.78 is 49.0. The summed E-state index contributed by atoms with van der Waals surface area (Å²) in [5.74, 6) is 2.51. The highest BCUT2D eigenvalue weighted by molar-refractivity contribution is 6.37. The molecule has 3 unspecified atom stereocenters. The van der Waals surface area contributed by atoms with Gasteiger partial charge in [0.15, 0.2) is 17.2 Å². The van der Waals surface area contributed by atoms with Gasteiger partial charge in [-0.25, -0.2) is 14.4 Å². The predicted octanol–water partition coefficient (Wildman–Crippen LogP) is 18.5. The zero-order chi connectivity index (χ0) is 102. The van der Waals surface area contributed by atoms with Crippen molar-refractivity contribution in [3.63, 3.8) is 0 Å². The van der Waals surface area contributed by atoms with Crippen LogP contribution in [0.25, 0.3) is 98.8 Å². The number of fused-ring (bicyclic) bond motifs is 6. The molecular formula is C108H122Cl3N23O12. The van der Waals surface area contributed by atoms with Crippen LogP contribution in [-0.2, 0) is 23.9 Å². The molecule has 21 rings (SSSR count). The number of ether oxygens (including phenoxy) is 8. The fraction of sp³-hybridized carbons (Fsp3) is 0.463. The molecule has 6 atom stereocenters. The summed E-state index contributed by atoms with van der Waals surface area (Å²) in [7, 11) is 6.37. The topological polar surface area (TPSA) is 403 Å². The number of nitriles is 3. The summed E-state index contributed by atoms with van der Waals surface area (Å²) in [6.45, 7) is 30.3. The van der Waals surface area contributed by atoms with Crippen molar-refractivity contribution in [1.82, 2.24) is 85.0 Å². The van der Waals surface area contributed by atoms with Crippen LogP contribution in [0.2, 0.25) is 15.1 Å². The van der Waals surface area contributed by atoms with Crippen molar-refractivity contribution < 1.29 is 57.1 Å². The van der Waals surface area contributed by atoms with Crippen molar-refractivity contribution in [3.05, 3.63) is 143 Å². The molecule has 2 amide bonds. The standard InChI is InChI=1S/C36H43ClN8O4.C34H37ClN8O3.C32H36ClN7O2.C6H6O3/c1-21-8-11-28-26(18-39-42-28)29(21)30-27(37)17-25-31(32(30)48-24-9-10-24)40-34(47-20-23-7-6-14-43(23)5)41-33(25)44-15-16-45(22(19-44)12-13-38)35(46)49-36(2,3)4;1-4-28(44)43-15-14-42(18-21(43)11-12-36)33-24-16-26(35)30(29-20(2)7-10-27-25(29)17-37-40-27)32(46-23-8-9-23)31(24)38-34(39-33)45-19-22-6-5-13-41(22)3;1-19-7-10-26-24(16-35-38-26)27(19)28-25(33)15-23-29(30(28)42-22-8-9-22)36-32(41-18-21-6-4-13-39(21)2)37-31(23)40-14-3-5-20(17-40)11-12-34;1-3-5(7)9-6(8)4-2/h8,11,17-18,22-24H,6-7,9-10,12,14-16,19-20H2,1-5H3,(H,39,42);4,7,10,16-17,21-23H,1,5-6,8-9,11,13-15,18-19H2,2-3H3,(H,37,40);7,10,15-16,20-22H,3-6,8-9,11,13-14,17-18H2,1-2H3,(H,35,38);3-4H,1-2H2/t22?,23-;21?,22-;20?,21-;/m000./s1. The van der Waals surface area contributed by atoms with Crippen molar-refractivity contribution in [2.75, 3.05) is 128 Å². The van der Waals surface area contributed by atoms with Gasteiger partial charge in [0.2, 0.25) is 5.91 Å². The van der Waals surface area contributed by atoms with E-state index in [1.165, 1.54) is 12.5 Å². The van der Waals surface area contributed by atoms with E-state index in [1.54, 1.807) is 9.80 Å².